The lowest BCUT2D eigenvalue weighted by Crippen LogP contribution is -2.42. The molecule has 1 N–H and O–H groups in total. The first-order valence-corrected chi connectivity index (χ1v) is 7.41. The minimum Gasteiger partial charge on any atom is -0.352 e. The summed E-state index contributed by atoms with van der Waals surface area (Å²) in [6.45, 7) is 2.42. The standard InChI is InChI=1S/C15H19N5O/c1-11-4-2-3-5-13(11)18-14(21)10-19-6-7-20-15(19)12(8-16)9-17-20/h6-7,9,11,13H,2-5,10H2,1H3,(H,18,21). The number of fused-ring (bicyclic) bond motifs is 1. The fourth-order valence-electron chi connectivity index (χ4n) is 3.11. The quantitative estimate of drug-likeness (QED) is 0.932. The van der Waals surface area contributed by atoms with Crippen molar-refractivity contribution >= 4 is 11.6 Å². The van der Waals surface area contributed by atoms with E-state index in [0.717, 1.165) is 6.42 Å². The molecule has 2 unspecified atom stereocenters. The van der Waals surface area contributed by atoms with Crippen LogP contribution < -0.4 is 5.32 Å². The van der Waals surface area contributed by atoms with Crippen LogP contribution in [0.25, 0.3) is 5.65 Å². The van der Waals surface area contributed by atoms with E-state index in [1.165, 1.54) is 25.5 Å². The number of hydrogen-bond acceptors (Lipinski definition) is 3. The van der Waals surface area contributed by atoms with Crippen molar-refractivity contribution in [3.8, 4) is 6.07 Å². The summed E-state index contributed by atoms with van der Waals surface area (Å²) in [6, 6.07) is 2.38. The third kappa shape index (κ3) is 2.64. The second kappa shape index (κ2) is 5.60. The van der Waals surface area contributed by atoms with Gasteiger partial charge in [-0.25, -0.2) is 4.52 Å². The molecule has 0 bridgehead atoms. The van der Waals surface area contributed by atoms with Gasteiger partial charge in [0.05, 0.1) is 6.20 Å². The monoisotopic (exact) mass is 285 g/mol. The molecule has 6 heteroatoms. The Kier molecular flexibility index (Phi) is 3.65. The summed E-state index contributed by atoms with van der Waals surface area (Å²) >= 11 is 0. The van der Waals surface area contributed by atoms with Crippen LogP contribution in [0.1, 0.15) is 38.2 Å². The Morgan fingerprint density at radius 3 is 3.05 bits per heavy atom. The van der Waals surface area contributed by atoms with Gasteiger partial charge in [0.15, 0.2) is 5.65 Å². The molecule has 1 fully saturated rings. The van der Waals surface area contributed by atoms with E-state index in [0.29, 0.717) is 17.1 Å². The van der Waals surface area contributed by atoms with Gasteiger partial charge in [-0.2, -0.15) is 10.4 Å². The number of rotatable bonds is 3. The molecule has 1 saturated carbocycles. The van der Waals surface area contributed by atoms with E-state index in [4.69, 9.17) is 5.26 Å². The molecule has 1 aliphatic carbocycles. The van der Waals surface area contributed by atoms with Crippen molar-refractivity contribution in [1.82, 2.24) is 19.5 Å². The first-order chi connectivity index (χ1) is 10.2. The zero-order chi connectivity index (χ0) is 14.8. The van der Waals surface area contributed by atoms with E-state index in [9.17, 15) is 4.79 Å². The van der Waals surface area contributed by atoms with Crippen LogP contribution in [0.5, 0.6) is 0 Å². The molecule has 21 heavy (non-hydrogen) atoms. The van der Waals surface area contributed by atoms with Gasteiger partial charge < -0.3 is 9.88 Å². The summed E-state index contributed by atoms with van der Waals surface area (Å²) in [5, 5.41) is 16.3. The molecule has 6 nitrogen and oxygen atoms in total. The van der Waals surface area contributed by atoms with E-state index in [2.05, 4.69) is 23.4 Å². The highest BCUT2D eigenvalue weighted by Gasteiger charge is 2.23. The average molecular weight is 285 g/mol. The molecule has 1 aliphatic rings. The van der Waals surface area contributed by atoms with Gasteiger partial charge in [0, 0.05) is 18.4 Å². The van der Waals surface area contributed by atoms with Gasteiger partial charge in [-0.1, -0.05) is 19.8 Å². The van der Waals surface area contributed by atoms with Crippen LogP contribution >= 0.6 is 0 Å². The lowest BCUT2D eigenvalue weighted by molar-refractivity contribution is -0.122. The number of nitriles is 1. The summed E-state index contributed by atoms with van der Waals surface area (Å²) < 4.78 is 3.39. The van der Waals surface area contributed by atoms with Gasteiger partial charge in [-0.3, -0.25) is 4.79 Å². The maximum Gasteiger partial charge on any atom is 0.240 e. The Morgan fingerprint density at radius 2 is 2.29 bits per heavy atom. The zero-order valence-electron chi connectivity index (χ0n) is 12.1. The first-order valence-electron chi connectivity index (χ1n) is 7.41. The van der Waals surface area contributed by atoms with Gasteiger partial charge in [0.1, 0.15) is 18.2 Å². The van der Waals surface area contributed by atoms with Crippen LogP contribution in [-0.4, -0.2) is 26.1 Å². The van der Waals surface area contributed by atoms with Gasteiger partial charge in [-0.15, -0.1) is 0 Å². The molecular formula is C15H19N5O. The highest BCUT2D eigenvalue weighted by atomic mass is 16.2. The van der Waals surface area contributed by atoms with Crippen molar-refractivity contribution in [2.24, 2.45) is 5.92 Å². The van der Waals surface area contributed by atoms with Crippen molar-refractivity contribution < 1.29 is 4.79 Å². The number of nitrogens with zero attached hydrogens (tertiary/aromatic N) is 4. The number of aromatic nitrogens is 3. The van der Waals surface area contributed by atoms with E-state index in [-0.39, 0.29) is 18.5 Å². The van der Waals surface area contributed by atoms with Gasteiger partial charge in [0.25, 0.3) is 0 Å². The van der Waals surface area contributed by atoms with Gasteiger partial charge in [-0.05, 0) is 18.8 Å². The number of amides is 1. The topological polar surface area (TPSA) is 75.1 Å². The Labute approximate surface area is 123 Å². The molecule has 2 aromatic heterocycles. The lowest BCUT2D eigenvalue weighted by atomic mass is 9.86. The molecule has 2 aromatic rings. The molecule has 1 amide bonds. The number of nitrogens with one attached hydrogen (secondary N) is 1. The third-order valence-electron chi connectivity index (χ3n) is 4.32. The Hall–Kier alpha value is -2.29. The summed E-state index contributed by atoms with van der Waals surface area (Å²) in [5.41, 5.74) is 1.16. The summed E-state index contributed by atoms with van der Waals surface area (Å²) in [4.78, 5) is 12.2. The third-order valence-corrected chi connectivity index (χ3v) is 4.32. The normalized spacial score (nSPS) is 22.1. The van der Waals surface area contributed by atoms with Crippen LogP contribution in [0.3, 0.4) is 0 Å². The Bertz CT molecular complexity index is 693. The first kappa shape index (κ1) is 13.7. The second-order valence-corrected chi connectivity index (χ2v) is 5.80. The predicted molar refractivity (Wildman–Crippen MR) is 77.5 cm³/mol. The predicted octanol–water partition coefficient (Wildman–Crippen LogP) is 1.70. The van der Waals surface area contributed by atoms with E-state index < -0.39 is 0 Å². The molecular weight excluding hydrogens is 266 g/mol. The van der Waals surface area contributed by atoms with Crippen LogP contribution in [0.15, 0.2) is 18.6 Å². The van der Waals surface area contributed by atoms with Crippen molar-refractivity contribution in [2.45, 2.75) is 45.2 Å². The number of carbonyl (C=O) groups excluding carboxylic acids is 1. The van der Waals surface area contributed by atoms with Crippen LogP contribution in [0, 0.1) is 17.2 Å². The van der Waals surface area contributed by atoms with Crippen molar-refractivity contribution in [1.29, 1.82) is 5.26 Å². The van der Waals surface area contributed by atoms with Crippen LogP contribution in [0.2, 0.25) is 0 Å². The fourth-order valence-corrected chi connectivity index (χ4v) is 3.11. The van der Waals surface area contributed by atoms with Crippen molar-refractivity contribution in [3.63, 3.8) is 0 Å². The SMILES string of the molecule is CC1CCCCC1NC(=O)Cn1ccn2ncc(C#N)c12. The number of imidazole rings is 1. The fraction of sp³-hybridized carbons (Fsp3) is 0.533. The Morgan fingerprint density at radius 1 is 1.48 bits per heavy atom. The summed E-state index contributed by atoms with van der Waals surface area (Å²) in [5.74, 6) is 0.536. The van der Waals surface area contributed by atoms with Crippen molar-refractivity contribution in [3.05, 3.63) is 24.2 Å². The van der Waals surface area contributed by atoms with Gasteiger partial charge >= 0.3 is 0 Å². The Balaban J connectivity index is 1.71. The van der Waals surface area contributed by atoms with Crippen LogP contribution in [0.4, 0.5) is 0 Å². The molecule has 0 spiro atoms. The largest absolute Gasteiger partial charge is 0.352 e. The molecule has 2 heterocycles. The molecule has 0 saturated heterocycles. The molecule has 0 aliphatic heterocycles. The molecule has 3 rings (SSSR count). The molecule has 2 atom stereocenters. The highest BCUT2D eigenvalue weighted by Crippen LogP contribution is 2.23. The maximum absolute atomic E-state index is 12.2. The van der Waals surface area contributed by atoms with Crippen LogP contribution in [-0.2, 0) is 11.3 Å². The second-order valence-electron chi connectivity index (χ2n) is 5.80. The molecule has 110 valence electrons. The van der Waals surface area contributed by atoms with E-state index in [1.807, 2.05) is 0 Å². The minimum atomic E-state index is -0.00283. The van der Waals surface area contributed by atoms with E-state index in [1.54, 1.807) is 21.5 Å². The summed E-state index contributed by atoms with van der Waals surface area (Å²) in [6.07, 6.45) is 9.74. The number of hydrogen-bond donors (Lipinski definition) is 1. The molecule has 0 radical (unpaired) electrons. The molecule has 0 aromatic carbocycles. The smallest absolute Gasteiger partial charge is 0.240 e. The highest BCUT2D eigenvalue weighted by molar-refractivity contribution is 5.77. The van der Waals surface area contributed by atoms with Gasteiger partial charge in [0.2, 0.25) is 5.91 Å². The number of carbonyl (C=O) groups is 1. The average Bonchev–Trinajstić information content (AvgIpc) is 3.04. The van der Waals surface area contributed by atoms with Crippen molar-refractivity contribution in [2.75, 3.05) is 0 Å². The maximum atomic E-state index is 12.2. The van der Waals surface area contributed by atoms with E-state index >= 15 is 0 Å². The summed E-state index contributed by atoms with van der Waals surface area (Å²) in [7, 11) is 0. The lowest BCUT2D eigenvalue weighted by Gasteiger charge is -2.29. The minimum absolute atomic E-state index is 0.00283. The zero-order valence-corrected chi connectivity index (χ0v) is 12.1.